The second-order valence-electron chi connectivity index (χ2n) is 6.37. The molecule has 0 saturated heterocycles. The minimum atomic E-state index is -0.138. The standard InChI is InChI=1S/C20H16ClN5O2S/c1-2-7-26-19(12-3-5-22-6-4-12)24-25-20(26)29-11-17(27)14-8-13-9-18(28)23-16(13)10-15(14)21/h2-6,8,10H,1,7,9,11H2,(H,23,28). The monoisotopic (exact) mass is 425 g/mol. The number of ketones is 1. The van der Waals surface area contributed by atoms with E-state index < -0.39 is 0 Å². The number of hydrogen-bond acceptors (Lipinski definition) is 6. The van der Waals surface area contributed by atoms with Gasteiger partial charge in [-0.3, -0.25) is 19.1 Å². The van der Waals surface area contributed by atoms with Crippen LogP contribution in [0.2, 0.25) is 5.02 Å². The molecular formula is C20H16ClN5O2S. The Morgan fingerprint density at radius 2 is 2.10 bits per heavy atom. The van der Waals surface area contributed by atoms with Gasteiger partial charge < -0.3 is 5.32 Å². The minimum absolute atomic E-state index is 0.101. The molecule has 0 atom stereocenters. The number of thioether (sulfide) groups is 1. The van der Waals surface area contributed by atoms with Crippen LogP contribution in [-0.4, -0.2) is 37.2 Å². The molecule has 1 aromatic carbocycles. The molecule has 1 aliphatic rings. The van der Waals surface area contributed by atoms with Gasteiger partial charge in [-0.2, -0.15) is 0 Å². The summed E-state index contributed by atoms with van der Waals surface area (Å²) in [6, 6.07) is 7.02. The Morgan fingerprint density at radius 3 is 2.86 bits per heavy atom. The van der Waals surface area contributed by atoms with Crippen LogP contribution in [0.5, 0.6) is 0 Å². The fourth-order valence-electron chi connectivity index (χ4n) is 3.07. The van der Waals surface area contributed by atoms with Crippen LogP contribution in [0.25, 0.3) is 11.4 Å². The second-order valence-corrected chi connectivity index (χ2v) is 7.72. The van der Waals surface area contributed by atoms with Crippen molar-refractivity contribution in [1.29, 1.82) is 0 Å². The zero-order valence-corrected chi connectivity index (χ0v) is 16.8. The molecule has 0 unspecified atom stereocenters. The van der Waals surface area contributed by atoms with Crippen LogP contribution >= 0.6 is 23.4 Å². The van der Waals surface area contributed by atoms with Gasteiger partial charge in [0.05, 0.1) is 17.2 Å². The molecule has 7 nitrogen and oxygen atoms in total. The van der Waals surface area contributed by atoms with Crippen LogP contribution in [0.15, 0.2) is 54.5 Å². The fourth-order valence-corrected chi connectivity index (χ4v) is 4.17. The number of pyridine rings is 1. The number of aromatic nitrogens is 4. The molecule has 29 heavy (non-hydrogen) atoms. The number of benzene rings is 1. The van der Waals surface area contributed by atoms with Gasteiger partial charge in [0.2, 0.25) is 5.91 Å². The third-order valence-electron chi connectivity index (χ3n) is 4.42. The van der Waals surface area contributed by atoms with Crippen LogP contribution < -0.4 is 5.32 Å². The first-order valence-electron chi connectivity index (χ1n) is 8.79. The van der Waals surface area contributed by atoms with Gasteiger partial charge in [0.25, 0.3) is 0 Å². The summed E-state index contributed by atoms with van der Waals surface area (Å²) >= 11 is 7.55. The molecule has 3 heterocycles. The zero-order valence-electron chi connectivity index (χ0n) is 15.3. The normalized spacial score (nSPS) is 12.5. The van der Waals surface area contributed by atoms with E-state index in [0.717, 1.165) is 11.1 Å². The number of amides is 1. The summed E-state index contributed by atoms with van der Waals surface area (Å²) in [5.41, 5.74) is 2.73. The van der Waals surface area contributed by atoms with Crippen LogP contribution in [-0.2, 0) is 17.8 Å². The first-order chi connectivity index (χ1) is 14.1. The molecule has 1 aliphatic heterocycles. The predicted molar refractivity (Wildman–Crippen MR) is 112 cm³/mol. The predicted octanol–water partition coefficient (Wildman–Crippen LogP) is 3.65. The molecule has 146 valence electrons. The molecular weight excluding hydrogens is 410 g/mol. The van der Waals surface area contributed by atoms with Gasteiger partial charge in [0, 0.05) is 35.8 Å². The number of anilines is 1. The summed E-state index contributed by atoms with van der Waals surface area (Å²) in [4.78, 5) is 28.3. The summed E-state index contributed by atoms with van der Waals surface area (Å²) < 4.78 is 1.90. The van der Waals surface area contributed by atoms with E-state index in [2.05, 4.69) is 27.1 Å². The van der Waals surface area contributed by atoms with Crippen LogP contribution in [0.4, 0.5) is 5.69 Å². The maximum absolute atomic E-state index is 12.8. The van der Waals surface area contributed by atoms with Crippen molar-refractivity contribution < 1.29 is 9.59 Å². The van der Waals surface area contributed by atoms with Gasteiger partial charge in [-0.15, -0.1) is 16.8 Å². The molecule has 4 rings (SSSR count). The van der Waals surface area contributed by atoms with E-state index in [1.165, 1.54) is 11.8 Å². The Hall–Kier alpha value is -2.97. The Kier molecular flexibility index (Phi) is 5.46. The van der Waals surface area contributed by atoms with E-state index in [9.17, 15) is 9.59 Å². The molecule has 9 heteroatoms. The number of fused-ring (bicyclic) bond motifs is 1. The summed E-state index contributed by atoms with van der Waals surface area (Å²) in [5, 5.41) is 12.2. The van der Waals surface area contributed by atoms with Gasteiger partial charge in [0.15, 0.2) is 16.8 Å². The molecule has 0 spiro atoms. The molecule has 0 aliphatic carbocycles. The summed E-state index contributed by atoms with van der Waals surface area (Å²) in [5.74, 6) is 0.588. The zero-order chi connectivity index (χ0) is 20.4. The van der Waals surface area contributed by atoms with E-state index in [1.54, 1.807) is 30.6 Å². The molecule has 0 saturated carbocycles. The van der Waals surface area contributed by atoms with E-state index in [4.69, 9.17) is 11.6 Å². The highest BCUT2D eigenvalue weighted by Gasteiger charge is 2.22. The minimum Gasteiger partial charge on any atom is -0.325 e. The number of carbonyl (C=O) groups excluding carboxylic acids is 2. The molecule has 1 N–H and O–H groups in total. The Labute approximate surface area is 176 Å². The smallest absolute Gasteiger partial charge is 0.228 e. The van der Waals surface area contributed by atoms with Gasteiger partial charge in [-0.1, -0.05) is 29.4 Å². The lowest BCUT2D eigenvalue weighted by Gasteiger charge is -2.09. The van der Waals surface area contributed by atoms with E-state index in [0.29, 0.717) is 33.8 Å². The lowest BCUT2D eigenvalue weighted by Crippen LogP contribution is -2.06. The summed E-state index contributed by atoms with van der Waals surface area (Å²) in [7, 11) is 0. The average molecular weight is 426 g/mol. The Morgan fingerprint density at radius 1 is 1.31 bits per heavy atom. The van der Waals surface area contributed by atoms with Crippen molar-refractivity contribution >= 4 is 40.7 Å². The molecule has 2 aromatic heterocycles. The molecule has 0 bridgehead atoms. The van der Waals surface area contributed by atoms with Crippen molar-refractivity contribution in [2.24, 2.45) is 0 Å². The van der Waals surface area contributed by atoms with Gasteiger partial charge in [-0.25, -0.2) is 0 Å². The number of nitrogens with zero attached hydrogens (tertiary/aromatic N) is 4. The number of carbonyl (C=O) groups is 2. The van der Waals surface area contributed by atoms with E-state index >= 15 is 0 Å². The topological polar surface area (TPSA) is 89.8 Å². The largest absolute Gasteiger partial charge is 0.325 e. The van der Waals surface area contributed by atoms with Crippen molar-refractivity contribution in [1.82, 2.24) is 19.7 Å². The van der Waals surface area contributed by atoms with Crippen molar-refractivity contribution in [2.45, 2.75) is 18.1 Å². The maximum Gasteiger partial charge on any atom is 0.228 e. The SMILES string of the molecule is C=CCn1c(SCC(=O)c2cc3c(cc2Cl)NC(=O)C3)nnc1-c1ccncc1. The van der Waals surface area contributed by atoms with Crippen molar-refractivity contribution in [3.8, 4) is 11.4 Å². The van der Waals surface area contributed by atoms with Crippen LogP contribution in [0.1, 0.15) is 15.9 Å². The number of rotatable bonds is 7. The number of Topliss-reactive ketones (excluding diaryl/α,β-unsaturated/α-hetero) is 1. The third kappa shape index (κ3) is 3.94. The quantitative estimate of drug-likeness (QED) is 0.353. The third-order valence-corrected chi connectivity index (χ3v) is 5.70. The van der Waals surface area contributed by atoms with E-state index in [-0.39, 0.29) is 23.9 Å². The Bertz CT molecular complexity index is 1110. The number of nitrogens with one attached hydrogen (secondary N) is 1. The highest BCUT2D eigenvalue weighted by Crippen LogP contribution is 2.31. The number of halogens is 1. The van der Waals surface area contributed by atoms with Gasteiger partial charge in [-0.05, 0) is 29.8 Å². The molecule has 3 aromatic rings. The first-order valence-corrected chi connectivity index (χ1v) is 10.2. The highest BCUT2D eigenvalue weighted by molar-refractivity contribution is 7.99. The number of hydrogen-bond donors (Lipinski definition) is 1. The highest BCUT2D eigenvalue weighted by atomic mass is 35.5. The summed E-state index contributed by atoms with van der Waals surface area (Å²) in [6.45, 7) is 4.30. The van der Waals surface area contributed by atoms with Crippen molar-refractivity contribution in [3.63, 3.8) is 0 Å². The first kappa shape index (κ1) is 19.4. The maximum atomic E-state index is 12.8. The number of allylic oxidation sites excluding steroid dienone is 1. The van der Waals surface area contributed by atoms with Crippen molar-refractivity contribution in [3.05, 3.63) is 65.5 Å². The molecule has 1 amide bonds. The molecule has 0 fully saturated rings. The second kappa shape index (κ2) is 8.18. The van der Waals surface area contributed by atoms with Gasteiger partial charge in [0.1, 0.15) is 0 Å². The lowest BCUT2D eigenvalue weighted by atomic mass is 10.1. The van der Waals surface area contributed by atoms with Gasteiger partial charge >= 0.3 is 0 Å². The fraction of sp³-hybridized carbons (Fsp3) is 0.150. The van der Waals surface area contributed by atoms with Crippen molar-refractivity contribution in [2.75, 3.05) is 11.1 Å². The summed E-state index contributed by atoms with van der Waals surface area (Å²) in [6.07, 6.45) is 5.38. The molecule has 0 radical (unpaired) electrons. The average Bonchev–Trinajstić information content (AvgIpc) is 3.28. The van der Waals surface area contributed by atoms with Crippen LogP contribution in [0, 0.1) is 0 Å². The Balaban J connectivity index is 1.55. The lowest BCUT2D eigenvalue weighted by molar-refractivity contribution is -0.115. The van der Waals surface area contributed by atoms with E-state index in [1.807, 2.05) is 16.7 Å². The van der Waals surface area contributed by atoms with Crippen LogP contribution in [0.3, 0.4) is 0 Å².